The molecule has 7 heteroatoms. The number of aromatic nitrogens is 4. The van der Waals surface area contributed by atoms with Crippen molar-refractivity contribution in [3.05, 3.63) is 35.3 Å². The van der Waals surface area contributed by atoms with Crippen LogP contribution in [0.2, 0.25) is 0 Å². The van der Waals surface area contributed by atoms with Crippen LogP contribution < -0.4 is 5.73 Å². The van der Waals surface area contributed by atoms with Gasteiger partial charge in [0.15, 0.2) is 5.82 Å². The summed E-state index contributed by atoms with van der Waals surface area (Å²) in [5, 5.41) is 13.7. The summed E-state index contributed by atoms with van der Waals surface area (Å²) in [5.41, 5.74) is 7.09. The first-order valence-electron chi connectivity index (χ1n) is 6.31. The molecule has 0 saturated carbocycles. The van der Waals surface area contributed by atoms with Crippen LogP contribution in [0.1, 0.15) is 17.5 Å². The molecule has 104 valence electrons. The Labute approximate surface area is 120 Å². The molecule has 3 rings (SSSR count). The SMILES string of the molecule is COCCC(N)c1nn2c(-c3ccccc3)nnc2s1. The minimum Gasteiger partial charge on any atom is -0.385 e. The zero-order chi connectivity index (χ0) is 13.9. The largest absolute Gasteiger partial charge is 0.385 e. The predicted octanol–water partition coefficient (Wildman–Crippen LogP) is 1.89. The van der Waals surface area contributed by atoms with Crippen molar-refractivity contribution in [1.82, 2.24) is 19.8 Å². The summed E-state index contributed by atoms with van der Waals surface area (Å²) >= 11 is 1.47. The molecule has 0 aliphatic heterocycles. The third kappa shape index (κ3) is 2.43. The first-order valence-corrected chi connectivity index (χ1v) is 7.13. The fourth-order valence-electron chi connectivity index (χ4n) is 1.92. The Bertz CT molecular complexity index is 693. The molecule has 0 aliphatic carbocycles. The van der Waals surface area contributed by atoms with Gasteiger partial charge in [-0.25, -0.2) is 0 Å². The number of nitrogens with zero attached hydrogens (tertiary/aromatic N) is 4. The third-order valence-corrected chi connectivity index (χ3v) is 4.02. The highest BCUT2D eigenvalue weighted by Gasteiger charge is 2.17. The smallest absolute Gasteiger partial charge is 0.235 e. The molecule has 0 aliphatic rings. The van der Waals surface area contributed by atoms with E-state index in [0.717, 1.165) is 27.8 Å². The van der Waals surface area contributed by atoms with Crippen LogP contribution in [0.15, 0.2) is 30.3 Å². The van der Waals surface area contributed by atoms with Crippen molar-refractivity contribution < 1.29 is 4.74 Å². The lowest BCUT2D eigenvalue weighted by atomic mass is 10.2. The maximum Gasteiger partial charge on any atom is 0.235 e. The average Bonchev–Trinajstić information content (AvgIpc) is 3.05. The van der Waals surface area contributed by atoms with Gasteiger partial charge < -0.3 is 10.5 Å². The Morgan fingerprint density at radius 3 is 2.85 bits per heavy atom. The van der Waals surface area contributed by atoms with Crippen molar-refractivity contribution >= 4 is 16.3 Å². The fraction of sp³-hybridized carbons (Fsp3) is 0.308. The number of nitrogens with two attached hydrogens (primary N) is 1. The quantitative estimate of drug-likeness (QED) is 0.776. The van der Waals surface area contributed by atoms with Crippen molar-refractivity contribution in [3.8, 4) is 11.4 Å². The highest BCUT2D eigenvalue weighted by molar-refractivity contribution is 7.16. The van der Waals surface area contributed by atoms with Crippen LogP contribution in [0.3, 0.4) is 0 Å². The molecule has 0 spiro atoms. The summed E-state index contributed by atoms with van der Waals surface area (Å²) in [6, 6.07) is 9.74. The second-order valence-electron chi connectivity index (χ2n) is 4.41. The molecule has 0 fully saturated rings. The van der Waals surface area contributed by atoms with Gasteiger partial charge in [0, 0.05) is 19.3 Å². The number of benzene rings is 1. The molecule has 2 N–H and O–H groups in total. The number of methoxy groups -OCH3 is 1. The second kappa shape index (κ2) is 5.66. The number of rotatable bonds is 5. The molecule has 2 aromatic heterocycles. The number of fused-ring (bicyclic) bond motifs is 1. The van der Waals surface area contributed by atoms with Gasteiger partial charge in [-0.05, 0) is 6.42 Å². The zero-order valence-electron chi connectivity index (χ0n) is 11.1. The van der Waals surface area contributed by atoms with E-state index >= 15 is 0 Å². The van der Waals surface area contributed by atoms with Crippen molar-refractivity contribution in [2.45, 2.75) is 12.5 Å². The summed E-state index contributed by atoms with van der Waals surface area (Å²) in [6.45, 7) is 0.618. The van der Waals surface area contributed by atoms with E-state index in [-0.39, 0.29) is 6.04 Å². The Morgan fingerprint density at radius 2 is 2.10 bits per heavy atom. The highest BCUT2D eigenvalue weighted by atomic mass is 32.1. The van der Waals surface area contributed by atoms with E-state index in [0.29, 0.717) is 6.61 Å². The van der Waals surface area contributed by atoms with Gasteiger partial charge in [0.1, 0.15) is 5.01 Å². The fourth-order valence-corrected chi connectivity index (χ4v) is 2.79. The molecule has 3 aromatic rings. The van der Waals surface area contributed by atoms with Crippen molar-refractivity contribution in [2.24, 2.45) is 5.73 Å². The van der Waals surface area contributed by atoms with Crippen LogP contribution >= 0.6 is 11.3 Å². The van der Waals surface area contributed by atoms with E-state index < -0.39 is 0 Å². The normalized spacial score (nSPS) is 12.9. The highest BCUT2D eigenvalue weighted by Crippen LogP contribution is 2.24. The molecule has 0 amide bonds. The Morgan fingerprint density at radius 1 is 1.30 bits per heavy atom. The standard InChI is InChI=1S/C13H15N5OS/c1-19-8-7-10(14)12-17-18-11(15-16-13(18)20-12)9-5-3-2-4-6-9/h2-6,10H,7-8,14H2,1H3. The van der Waals surface area contributed by atoms with E-state index in [1.54, 1.807) is 11.6 Å². The lowest BCUT2D eigenvalue weighted by Crippen LogP contribution is -2.12. The lowest BCUT2D eigenvalue weighted by molar-refractivity contribution is 0.188. The Kier molecular flexibility index (Phi) is 3.72. The molecular formula is C13H15N5OS. The van der Waals surface area contributed by atoms with E-state index in [1.807, 2.05) is 30.3 Å². The van der Waals surface area contributed by atoms with Crippen LogP contribution in [0.4, 0.5) is 0 Å². The summed E-state index contributed by atoms with van der Waals surface area (Å²) < 4.78 is 6.80. The van der Waals surface area contributed by atoms with E-state index in [9.17, 15) is 0 Å². The average molecular weight is 289 g/mol. The molecule has 0 radical (unpaired) electrons. The maximum absolute atomic E-state index is 6.10. The number of ether oxygens (including phenoxy) is 1. The summed E-state index contributed by atoms with van der Waals surface area (Å²) in [5.74, 6) is 0.738. The van der Waals surface area contributed by atoms with Crippen molar-refractivity contribution in [3.63, 3.8) is 0 Å². The first-order chi connectivity index (χ1) is 9.79. The molecule has 1 atom stereocenters. The molecule has 0 bridgehead atoms. The summed E-state index contributed by atoms with van der Waals surface area (Å²) in [4.78, 5) is 0.756. The van der Waals surface area contributed by atoms with E-state index in [2.05, 4.69) is 15.3 Å². The first kappa shape index (κ1) is 13.2. The number of hydrogen-bond donors (Lipinski definition) is 1. The lowest BCUT2D eigenvalue weighted by Gasteiger charge is -2.05. The Hall–Kier alpha value is -1.83. The van der Waals surface area contributed by atoms with Crippen LogP contribution in [0.5, 0.6) is 0 Å². The van der Waals surface area contributed by atoms with Gasteiger partial charge in [-0.1, -0.05) is 41.7 Å². The number of hydrogen-bond acceptors (Lipinski definition) is 6. The van der Waals surface area contributed by atoms with Crippen molar-refractivity contribution in [1.29, 1.82) is 0 Å². The monoisotopic (exact) mass is 289 g/mol. The van der Waals surface area contributed by atoms with Gasteiger partial charge in [-0.15, -0.1) is 10.2 Å². The minimum absolute atomic E-state index is 0.134. The molecule has 1 aromatic carbocycles. The molecule has 2 heterocycles. The van der Waals surface area contributed by atoms with Gasteiger partial charge in [-0.2, -0.15) is 9.61 Å². The summed E-state index contributed by atoms with van der Waals surface area (Å²) in [7, 11) is 1.67. The molecule has 20 heavy (non-hydrogen) atoms. The molecule has 6 nitrogen and oxygen atoms in total. The molecular weight excluding hydrogens is 274 g/mol. The molecule has 1 unspecified atom stereocenters. The van der Waals surface area contributed by atoms with Crippen LogP contribution in [-0.2, 0) is 4.74 Å². The van der Waals surface area contributed by atoms with Crippen LogP contribution in [0.25, 0.3) is 16.3 Å². The van der Waals surface area contributed by atoms with E-state index in [1.165, 1.54) is 11.3 Å². The van der Waals surface area contributed by atoms with Gasteiger partial charge in [0.2, 0.25) is 4.96 Å². The van der Waals surface area contributed by atoms with Gasteiger partial charge in [-0.3, -0.25) is 0 Å². The van der Waals surface area contributed by atoms with E-state index in [4.69, 9.17) is 10.5 Å². The van der Waals surface area contributed by atoms with Crippen molar-refractivity contribution in [2.75, 3.05) is 13.7 Å². The van der Waals surface area contributed by atoms with Crippen LogP contribution in [-0.4, -0.2) is 33.5 Å². The van der Waals surface area contributed by atoms with Gasteiger partial charge in [0.05, 0.1) is 6.04 Å². The third-order valence-electron chi connectivity index (χ3n) is 2.99. The Balaban J connectivity index is 1.95. The molecule has 0 saturated heterocycles. The predicted molar refractivity (Wildman–Crippen MR) is 77.5 cm³/mol. The minimum atomic E-state index is -0.134. The van der Waals surface area contributed by atoms with Gasteiger partial charge in [0.25, 0.3) is 0 Å². The van der Waals surface area contributed by atoms with Gasteiger partial charge >= 0.3 is 0 Å². The topological polar surface area (TPSA) is 78.3 Å². The maximum atomic E-state index is 6.10. The zero-order valence-corrected chi connectivity index (χ0v) is 11.9. The summed E-state index contributed by atoms with van der Waals surface area (Å²) in [6.07, 6.45) is 0.737. The second-order valence-corrected chi connectivity index (χ2v) is 5.40. The van der Waals surface area contributed by atoms with Crippen LogP contribution in [0, 0.1) is 0 Å².